The minimum absolute atomic E-state index is 0.00827. The molecule has 2 amide bonds. The first-order chi connectivity index (χ1) is 10.2. The second-order valence-corrected chi connectivity index (χ2v) is 5.28. The van der Waals surface area contributed by atoms with Crippen molar-refractivity contribution in [3.8, 4) is 0 Å². The van der Waals surface area contributed by atoms with E-state index in [9.17, 15) is 9.59 Å². The van der Waals surface area contributed by atoms with Gasteiger partial charge in [-0.05, 0) is 18.6 Å². The van der Waals surface area contributed by atoms with Crippen LogP contribution in [0.4, 0.5) is 0 Å². The number of nitrogens with one attached hydrogen (secondary N) is 2. The van der Waals surface area contributed by atoms with Gasteiger partial charge in [0.15, 0.2) is 0 Å². The topological polar surface area (TPSA) is 76.0 Å². The van der Waals surface area contributed by atoms with E-state index in [0.717, 1.165) is 11.0 Å². The zero-order valence-electron chi connectivity index (χ0n) is 11.7. The number of rotatable bonds is 4. The summed E-state index contributed by atoms with van der Waals surface area (Å²) in [5.41, 5.74) is 1.98. The number of amides is 2. The van der Waals surface area contributed by atoms with Crippen LogP contribution in [-0.4, -0.2) is 34.0 Å². The van der Waals surface area contributed by atoms with Gasteiger partial charge >= 0.3 is 0 Å². The smallest absolute Gasteiger partial charge is 0.222 e. The van der Waals surface area contributed by atoms with E-state index in [1.54, 1.807) is 6.33 Å². The lowest BCUT2D eigenvalue weighted by Gasteiger charge is -2.23. The van der Waals surface area contributed by atoms with E-state index < -0.39 is 0 Å². The number of hydrogen-bond acceptors (Lipinski definition) is 3. The number of imidazole rings is 1. The largest absolute Gasteiger partial charge is 0.354 e. The summed E-state index contributed by atoms with van der Waals surface area (Å²) in [6.45, 7) is 1.13. The number of carbonyl (C=O) groups is 2. The fourth-order valence-corrected chi connectivity index (χ4v) is 2.57. The van der Waals surface area contributed by atoms with Crippen LogP contribution in [0, 0.1) is 0 Å². The van der Waals surface area contributed by atoms with Crippen LogP contribution in [0.1, 0.15) is 19.3 Å². The quantitative estimate of drug-likeness (QED) is 0.873. The van der Waals surface area contributed by atoms with Gasteiger partial charge in [-0.25, -0.2) is 4.98 Å². The number of fused-ring (bicyclic) bond motifs is 1. The second-order valence-electron chi connectivity index (χ2n) is 5.28. The number of piperidine rings is 1. The standard InChI is InChI=1S/C15H18N4O2/c20-14-6-5-11(9-16-14)18-15(21)7-8-19-10-17-12-3-1-2-4-13(12)19/h1-4,10-11H,5-9H2,(H,16,20)(H,18,21). The number of carbonyl (C=O) groups excluding carboxylic acids is 2. The van der Waals surface area contributed by atoms with Crippen molar-refractivity contribution in [2.45, 2.75) is 31.8 Å². The van der Waals surface area contributed by atoms with E-state index in [4.69, 9.17) is 0 Å². The summed E-state index contributed by atoms with van der Waals surface area (Å²) in [4.78, 5) is 27.3. The first-order valence-corrected chi connectivity index (χ1v) is 7.18. The van der Waals surface area contributed by atoms with Crippen molar-refractivity contribution in [3.05, 3.63) is 30.6 Å². The fourth-order valence-electron chi connectivity index (χ4n) is 2.57. The van der Waals surface area contributed by atoms with Crippen LogP contribution in [0.2, 0.25) is 0 Å². The molecule has 2 N–H and O–H groups in total. The summed E-state index contributed by atoms with van der Waals surface area (Å²) in [5, 5.41) is 5.72. The molecule has 2 aromatic rings. The van der Waals surface area contributed by atoms with Gasteiger partial charge in [-0.1, -0.05) is 12.1 Å². The summed E-state index contributed by atoms with van der Waals surface area (Å²) in [7, 11) is 0. The molecule has 0 radical (unpaired) electrons. The maximum Gasteiger partial charge on any atom is 0.222 e. The minimum atomic E-state index is 0.00827. The highest BCUT2D eigenvalue weighted by molar-refractivity contribution is 5.79. The van der Waals surface area contributed by atoms with Gasteiger partial charge in [-0.2, -0.15) is 0 Å². The van der Waals surface area contributed by atoms with Gasteiger partial charge in [0.05, 0.1) is 17.4 Å². The Balaban J connectivity index is 1.53. The Morgan fingerprint density at radius 1 is 1.43 bits per heavy atom. The Hall–Kier alpha value is -2.37. The summed E-state index contributed by atoms with van der Waals surface area (Å²) >= 11 is 0. The molecule has 1 aromatic carbocycles. The van der Waals surface area contributed by atoms with Crippen molar-refractivity contribution in [1.29, 1.82) is 0 Å². The zero-order chi connectivity index (χ0) is 14.7. The molecule has 6 heteroatoms. The zero-order valence-corrected chi connectivity index (χ0v) is 11.7. The SMILES string of the molecule is O=C1CCC(NC(=O)CCn2cnc3ccccc32)CN1. The second kappa shape index (κ2) is 5.95. The number of benzene rings is 1. The van der Waals surface area contributed by atoms with E-state index >= 15 is 0 Å². The minimum Gasteiger partial charge on any atom is -0.354 e. The van der Waals surface area contributed by atoms with Crippen LogP contribution in [0.5, 0.6) is 0 Å². The molecule has 1 atom stereocenters. The molecule has 0 spiro atoms. The van der Waals surface area contributed by atoms with E-state index in [1.165, 1.54) is 0 Å². The van der Waals surface area contributed by atoms with E-state index in [2.05, 4.69) is 15.6 Å². The molecule has 6 nitrogen and oxygen atoms in total. The number of hydrogen-bond donors (Lipinski definition) is 2. The Morgan fingerprint density at radius 3 is 3.10 bits per heavy atom. The van der Waals surface area contributed by atoms with Crippen molar-refractivity contribution in [3.63, 3.8) is 0 Å². The van der Waals surface area contributed by atoms with Crippen LogP contribution in [-0.2, 0) is 16.1 Å². The molecule has 1 fully saturated rings. The molecule has 110 valence electrons. The van der Waals surface area contributed by atoms with Gasteiger partial charge in [-0.3, -0.25) is 9.59 Å². The molecule has 0 bridgehead atoms. The van der Waals surface area contributed by atoms with Gasteiger partial charge in [0.2, 0.25) is 11.8 Å². The molecular weight excluding hydrogens is 268 g/mol. The lowest BCUT2D eigenvalue weighted by atomic mass is 10.1. The number of para-hydroxylation sites is 2. The highest BCUT2D eigenvalue weighted by Gasteiger charge is 2.19. The van der Waals surface area contributed by atoms with Gasteiger partial charge in [0, 0.05) is 32.0 Å². The first-order valence-electron chi connectivity index (χ1n) is 7.18. The third-order valence-electron chi connectivity index (χ3n) is 3.74. The Kier molecular flexibility index (Phi) is 3.85. The Labute approximate surface area is 122 Å². The molecule has 1 aliphatic rings. The van der Waals surface area contributed by atoms with E-state index in [1.807, 2.05) is 28.8 Å². The van der Waals surface area contributed by atoms with Crippen molar-refractivity contribution in [2.75, 3.05) is 6.54 Å². The highest BCUT2D eigenvalue weighted by atomic mass is 16.2. The van der Waals surface area contributed by atoms with Crippen molar-refractivity contribution >= 4 is 22.8 Å². The fraction of sp³-hybridized carbons (Fsp3) is 0.400. The van der Waals surface area contributed by atoms with E-state index in [0.29, 0.717) is 32.4 Å². The maximum absolute atomic E-state index is 12.0. The molecule has 21 heavy (non-hydrogen) atoms. The predicted octanol–water partition coefficient (Wildman–Crippen LogP) is 0.821. The van der Waals surface area contributed by atoms with Gasteiger partial charge < -0.3 is 15.2 Å². The molecule has 2 heterocycles. The van der Waals surface area contributed by atoms with Crippen LogP contribution in [0.15, 0.2) is 30.6 Å². The lowest BCUT2D eigenvalue weighted by Crippen LogP contribution is -2.47. The normalized spacial score (nSPS) is 18.5. The Bertz CT molecular complexity index is 654. The van der Waals surface area contributed by atoms with Crippen molar-refractivity contribution < 1.29 is 9.59 Å². The van der Waals surface area contributed by atoms with Crippen LogP contribution in [0.25, 0.3) is 11.0 Å². The maximum atomic E-state index is 12.0. The molecule has 1 unspecified atom stereocenters. The molecule has 0 saturated carbocycles. The van der Waals surface area contributed by atoms with Crippen molar-refractivity contribution in [1.82, 2.24) is 20.2 Å². The highest BCUT2D eigenvalue weighted by Crippen LogP contribution is 2.12. The average Bonchev–Trinajstić information content (AvgIpc) is 2.91. The number of aryl methyl sites for hydroxylation is 1. The third kappa shape index (κ3) is 3.21. The van der Waals surface area contributed by atoms with Crippen LogP contribution in [0.3, 0.4) is 0 Å². The molecule has 0 aliphatic carbocycles. The summed E-state index contributed by atoms with van der Waals surface area (Å²) < 4.78 is 1.98. The summed E-state index contributed by atoms with van der Waals surface area (Å²) in [5.74, 6) is 0.0688. The molecule has 1 aromatic heterocycles. The average molecular weight is 286 g/mol. The van der Waals surface area contributed by atoms with Gasteiger partial charge in [0.1, 0.15) is 0 Å². The summed E-state index contributed by atoms with van der Waals surface area (Å²) in [6.07, 6.45) is 3.37. The van der Waals surface area contributed by atoms with Gasteiger partial charge in [-0.15, -0.1) is 0 Å². The van der Waals surface area contributed by atoms with Gasteiger partial charge in [0.25, 0.3) is 0 Å². The molecule has 1 saturated heterocycles. The van der Waals surface area contributed by atoms with Crippen LogP contribution >= 0.6 is 0 Å². The predicted molar refractivity (Wildman–Crippen MR) is 78.5 cm³/mol. The lowest BCUT2D eigenvalue weighted by molar-refractivity contribution is -0.125. The molecular formula is C15H18N4O2. The molecule has 3 rings (SSSR count). The monoisotopic (exact) mass is 286 g/mol. The Morgan fingerprint density at radius 2 is 2.29 bits per heavy atom. The summed E-state index contributed by atoms with van der Waals surface area (Å²) in [6, 6.07) is 7.91. The molecule has 1 aliphatic heterocycles. The van der Waals surface area contributed by atoms with E-state index in [-0.39, 0.29) is 17.9 Å². The third-order valence-corrected chi connectivity index (χ3v) is 3.74. The first kappa shape index (κ1) is 13.6. The van der Waals surface area contributed by atoms with Crippen LogP contribution < -0.4 is 10.6 Å². The van der Waals surface area contributed by atoms with Crippen molar-refractivity contribution in [2.24, 2.45) is 0 Å². The number of nitrogens with zero attached hydrogens (tertiary/aromatic N) is 2. The number of aromatic nitrogens is 2.